The molecular weight excluding hydrogens is 526 g/mol. The van der Waals surface area contributed by atoms with Crippen molar-refractivity contribution in [2.75, 3.05) is 6.54 Å². The van der Waals surface area contributed by atoms with Crippen LogP contribution in [-0.4, -0.2) is 63.8 Å². The first-order valence-electron chi connectivity index (χ1n) is 13.8. The number of nitrogens with one attached hydrogen (secondary N) is 4. The van der Waals surface area contributed by atoms with Crippen molar-refractivity contribution in [2.24, 2.45) is 0 Å². The third kappa shape index (κ3) is 9.71. The van der Waals surface area contributed by atoms with Crippen molar-refractivity contribution in [3.8, 4) is 0 Å². The van der Waals surface area contributed by atoms with E-state index in [-0.39, 0.29) is 32.4 Å². The fourth-order valence-electron chi connectivity index (χ4n) is 4.63. The van der Waals surface area contributed by atoms with Gasteiger partial charge in [-0.15, -0.1) is 0 Å². The van der Waals surface area contributed by atoms with Gasteiger partial charge in [0, 0.05) is 19.4 Å². The molecule has 5 N–H and O–H groups in total. The van der Waals surface area contributed by atoms with Crippen LogP contribution in [0.3, 0.4) is 0 Å². The van der Waals surface area contributed by atoms with E-state index in [0.29, 0.717) is 19.3 Å². The Morgan fingerprint density at radius 2 is 1.54 bits per heavy atom. The molecule has 2 atom stereocenters. The summed E-state index contributed by atoms with van der Waals surface area (Å²) in [5, 5.41) is 17.0. The largest absolute Gasteiger partial charge is 0.343 e. The molecule has 0 saturated carbocycles. The highest BCUT2D eigenvalue weighted by molar-refractivity contribution is 5.98. The first-order chi connectivity index (χ1) is 19.6. The fraction of sp³-hybridized carbons (Fsp3) is 0.433. The Labute approximate surface area is 240 Å². The van der Waals surface area contributed by atoms with Crippen molar-refractivity contribution in [1.82, 2.24) is 26.3 Å². The zero-order valence-corrected chi connectivity index (χ0v) is 23.5. The lowest BCUT2D eigenvalue weighted by atomic mass is 9.98. The van der Waals surface area contributed by atoms with Gasteiger partial charge in [0.2, 0.25) is 29.5 Å². The Kier molecular flexibility index (Phi) is 11.4. The molecule has 5 amide bonds. The van der Waals surface area contributed by atoms with Crippen LogP contribution < -0.4 is 21.4 Å². The number of hydrogen-bond acceptors (Lipinski definition) is 6. The monoisotopic (exact) mass is 565 g/mol. The van der Waals surface area contributed by atoms with Crippen LogP contribution in [0.15, 0.2) is 60.7 Å². The summed E-state index contributed by atoms with van der Waals surface area (Å²) in [6, 6.07) is 16.6. The van der Waals surface area contributed by atoms with Crippen molar-refractivity contribution < 1.29 is 29.2 Å². The Bertz CT molecular complexity index is 1200. The van der Waals surface area contributed by atoms with Crippen LogP contribution in [0.5, 0.6) is 0 Å². The number of amides is 5. The van der Waals surface area contributed by atoms with Gasteiger partial charge in [0.25, 0.3) is 0 Å². The van der Waals surface area contributed by atoms with Crippen molar-refractivity contribution in [3.05, 3.63) is 71.8 Å². The molecule has 0 aliphatic carbocycles. The van der Waals surface area contributed by atoms with Crippen LogP contribution in [0, 0.1) is 0 Å². The van der Waals surface area contributed by atoms with E-state index in [0.717, 1.165) is 11.1 Å². The van der Waals surface area contributed by atoms with Crippen LogP contribution in [0.4, 0.5) is 0 Å². The highest BCUT2D eigenvalue weighted by atomic mass is 16.5. The molecule has 0 bridgehead atoms. The summed E-state index contributed by atoms with van der Waals surface area (Å²) in [6.07, 6.45) is 2.18. The van der Waals surface area contributed by atoms with Crippen LogP contribution in [0.1, 0.15) is 57.1 Å². The maximum Gasteiger partial charge on any atom is 0.246 e. The summed E-state index contributed by atoms with van der Waals surface area (Å²) in [7, 11) is 0. The van der Waals surface area contributed by atoms with E-state index >= 15 is 0 Å². The van der Waals surface area contributed by atoms with Crippen molar-refractivity contribution in [2.45, 2.75) is 76.5 Å². The average Bonchev–Trinajstić information content (AvgIpc) is 2.95. The molecule has 11 nitrogen and oxygen atoms in total. The van der Waals surface area contributed by atoms with E-state index in [2.05, 4.69) is 16.0 Å². The van der Waals surface area contributed by atoms with E-state index in [1.54, 1.807) is 19.3 Å². The molecule has 1 heterocycles. The smallest absolute Gasteiger partial charge is 0.246 e. The third-order valence-electron chi connectivity index (χ3n) is 6.92. The standard InChI is InChI=1S/C30H39N5O6/c1-30(2)29(40)32-24(18-21-12-6-3-7-13-21)28(39)35(19-22-14-8-4-9-15-22)20-26(37)31-23(27(38)33-30)16-10-5-11-17-25(36)34-41/h3-4,6-9,12-15,23-24,41H,5,10-11,16-20H2,1-2H3,(H,31,37)(H,32,40)(H,33,38)(H,34,36)/t23-,24-/m0/s1. The first-order valence-corrected chi connectivity index (χ1v) is 13.8. The van der Waals surface area contributed by atoms with E-state index < -0.39 is 47.2 Å². The van der Waals surface area contributed by atoms with Gasteiger partial charge >= 0.3 is 0 Å². The normalized spacial score (nSPS) is 19.7. The summed E-state index contributed by atoms with van der Waals surface area (Å²) in [5.41, 5.74) is 1.85. The average molecular weight is 566 g/mol. The Morgan fingerprint density at radius 3 is 2.17 bits per heavy atom. The van der Waals surface area contributed by atoms with Crippen LogP contribution in [0.2, 0.25) is 0 Å². The van der Waals surface area contributed by atoms with Gasteiger partial charge in [-0.2, -0.15) is 0 Å². The number of hydroxylamine groups is 1. The number of carbonyl (C=O) groups is 5. The number of unbranched alkanes of at least 4 members (excludes halogenated alkanes) is 2. The van der Waals surface area contributed by atoms with Gasteiger partial charge in [0.05, 0.1) is 6.54 Å². The van der Waals surface area contributed by atoms with Crippen molar-refractivity contribution in [3.63, 3.8) is 0 Å². The molecule has 11 heteroatoms. The predicted octanol–water partition coefficient (Wildman–Crippen LogP) is 1.59. The lowest BCUT2D eigenvalue weighted by molar-refractivity contribution is -0.143. The van der Waals surface area contributed by atoms with E-state index in [1.807, 2.05) is 60.7 Å². The maximum absolute atomic E-state index is 13.9. The van der Waals surface area contributed by atoms with Gasteiger partial charge < -0.3 is 20.9 Å². The SMILES string of the molecule is CC1(C)NC(=O)[C@H](CCCCCC(=O)NO)NC(=O)CN(Cc2ccccc2)C(=O)[C@H](Cc2ccccc2)NC1=O. The van der Waals surface area contributed by atoms with E-state index in [9.17, 15) is 24.0 Å². The fourth-order valence-corrected chi connectivity index (χ4v) is 4.63. The van der Waals surface area contributed by atoms with Crippen LogP contribution >= 0.6 is 0 Å². The quantitative estimate of drug-likeness (QED) is 0.167. The molecule has 3 rings (SSSR count). The lowest BCUT2D eigenvalue weighted by Gasteiger charge is -2.34. The summed E-state index contributed by atoms with van der Waals surface area (Å²) in [4.78, 5) is 66.6. The summed E-state index contributed by atoms with van der Waals surface area (Å²) in [5.74, 6) is -2.46. The molecule has 41 heavy (non-hydrogen) atoms. The zero-order valence-electron chi connectivity index (χ0n) is 23.5. The Balaban J connectivity index is 1.86. The highest BCUT2D eigenvalue weighted by Gasteiger charge is 2.37. The summed E-state index contributed by atoms with van der Waals surface area (Å²) >= 11 is 0. The molecule has 1 fully saturated rings. The van der Waals surface area contributed by atoms with Crippen LogP contribution in [-0.2, 0) is 36.9 Å². The van der Waals surface area contributed by atoms with Gasteiger partial charge in [-0.05, 0) is 37.8 Å². The van der Waals surface area contributed by atoms with E-state index in [4.69, 9.17) is 5.21 Å². The Morgan fingerprint density at radius 1 is 0.902 bits per heavy atom. The number of benzene rings is 2. The molecular formula is C30H39N5O6. The molecule has 1 aliphatic rings. The van der Waals surface area contributed by atoms with Crippen LogP contribution in [0.25, 0.3) is 0 Å². The number of hydrogen-bond donors (Lipinski definition) is 5. The Hall–Kier alpha value is -4.25. The van der Waals surface area contributed by atoms with Crippen molar-refractivity contribution in [1.29, 1.82) is 0 Å². The van der Waals surface area contributed by atoms with E-state index in [1.165, 1.54) is 4.90 Å². The molecule has 2 aromatic carbocycles. The zero-order chi connectivity index (χ0) is 29.8. The molecule has 1 saturated heterocycles. The molecule has 0 radical (unpaired) electrons. The molecule has 2 aromatic rings. The van der Waals surface area contributed by atoms with Gasteiger partial charge in [0.15, 0.2) is 0 Å². The predicted molar refractivity (Wildman–Crippen MR) is 151 cm³/mol. The minimum absolute atomic E-state index is 0.133. The molecule has 0 spiro atoms. The summed E-state index contributed by atoms with van der Waals surface area (Å²) < 4.78 is 0. The second-order valence-electron chi connectivity index (χ2n) is 10.8. The second kappa shape index (κ2) is 14.9. The van der Waals surface area contributed by atoms with Gasteiger partial charge in [-0.1, -0.05) is 73.5 Å². The summed E-state index contributed by atoms with van der Waals surface area (Å²) in [6.45, 7) is 2.93. The minimum Gasteiger partial charge on any atom is -0.343 e. The first kappa shape index (κ1) is 31.3. The molecule has 0 aromatic heterocycles. The maximum atomic E-state index is 13.9. The van der Waals surface area contributed by atoms with Gasteiger partial charge in [0.1, 0.15) is 17.6 Å². The number of nitrogens with zero attached hydrogens (tertiary/aromatic N) is 1. The lowest BCUT2D eigenvalue weighted by Crippen LogP contribution is -2.63. The highest BCUT2D eigenvalue weighted by Crippen LogP contribution is 2.15. The van der Waals surface area contributed by atoms with Gasteiger partial charge in [-0.3, -0.25) is 29.2 Å². The minimum atomic E-state index is -1.38. The van der Waals surface area contributed by atoms with Crippen molar-refractivity contribution >= 4 is 29.5 Å². The third-order valence-corrected chi connectivity index (χ3v) is 6.92. The molecule has 220 valence electrons. The number of carbonyl (C=O) groups excluding carboxylic acids is 5. The van der Waals surface area contributed by atoms with Gasteiger partial charge in [-0.25, -0.2) is 5.48 Å². The second-order valence-corrected chi connectivity index (χ2v) is 10.8. The molecule has 1 aliphatic heterocycles. The molecule has 0 unspecified atom stereocenters. The number of rotatable bonds is 10. The topological polar surface area (TPSA) is 157 Å².